The Morgan fingerprint density at radius 3 is 2.61 bits per heavy atom. The van der Waals surface area contributed by atoms with Crippen LogP contribution in [0.3, 0.4) is 0 Å². The van der Waals surface area contributed by atoms with Crippen molar-refractivity contribution in [2.45, 2.75) is 37.1 Å². The number of fused-ring (bicyclic) bond motifs is 1. The largest absolute Gasteiger partial charge is 0.497 e. The fourth-order valence-electron chi connectivity index (χ4n) is 4.11. The van der Waals surface area contributed by atoms with Gasteiger partial charge in [0.1, 0.15) is 17.4 Å². The summed E-state index contributed by atoms with van der Waals surface area (Å²) in [6.07, 6.45) is -0.467. The molecule has 0 saturated heterocycles. The monoisotopic (exact) mass is 462 g/mol. The van der Waals surface area contributed by atoms with E-state index in [1.54, 1.807) is 13.2 Å². The van der Waals surface area contributed by atoms with Crippen molar-refractivity contribution in [3.05, 3.63) is 77.4 Å². The van der Waals surface area contributed by atoms with Gasteiger partial charge in [0.25, 0.3) is 0 Å². The second-order valence-electron chi connectivity index (χ2n) is 7.91. The average molecular weight is 462 g/mol. The zero-order chi connectivity index (χ0) is 24.0. The van der Waals surface area contributed by atoms with E-state index >= 15 is 0 Å². The van der Waals surface area contributed by atoms with Gasteiger partial charge >= 0.3 is 6.09 Å². The van der Waals surface area contributed by atoms with E-state index in [1.807, 2.05) is 18.2 Å². The number of methoxy groups -OCH3 is 1. The van der Waals surface area contributed by atoms with Crippen LogP contribution in [0, 0.1) is 11.6 Å². The van der Waals surface area contributed by atoms with Crippen molar-refractivity contribution in [1.82, 2.24) is 10.6 Å². The Morgan fingerprint density at radius 2 is 1.97 bits per heavy atom. The van der Waals surface area contributed by atoms with Crippen molar-refractivity contribution in [1.29, 1.82) is 0 Å². The number of ether oxygens (including phenoxy) is 2. The lowest BCUT2D eigenvalue weighted by atomic mass is 10.00. The Balaban J connectivity index is 1.72. The first-order valence-electron chi connectivity index (χ1n) is 10.6. The van der Waals surface area contributed by atoms with Crippen molar-refractivity contribution >= 4 is 6.09 Å². The minimum absolute atomic E-state index is 0.0399. The molecule has 33 heavy (non-hydrogen) atoms. The van der Waals surface area contributed by atoms with E-state index in [1.165, 1.54) is 0 Å². The number of hydrogen-bond donors (Lipinski definition) is 4. The van der Waals surface area contributed by atoms with Crippen molar-refractivity contribution < 1.29 is 33.3 Å². The molecule has 0 bridgehead atoms. The van der Waals surface area contributed by atoms with E-state index in [2.05, 4.69) is 17.2 Å². The highest BCUT2D eigenvalue weighted by Crippen LogP contribution is 2.42. The van der Waals surface area contributed by atoms with Crippen LogP contribution in [0.25, 0.3) is 0 Å². The third-order valence-corrected chi connectivity index (χ3v) is 5.61. The van der Waals surface area contributed by atoms with Gasteiger partial charge in [0, 0.05) is 18.7 Å². The zero-order valence-electron chi connectivity index (χ0n) is 18.3. The van der Waals surface area contributed by atoms with Gasteiger partial charge in [-0.15, -0.1) is 6.58 Å². The number of amides is 1. The Morgan fingerprint density at radius 1 is 1.24 bits per heavy atom. The van der Waals surface area contributed by atoms with Gasteiger partial charge in [-0.25, -0.2) is 13.6 Å². The SMILES string of the molecule is C=CCO[C@H]1C[C@H](NC[C@@H](O)[C@H](Cc2cc(F)cc(F)c2)NC(=O)O)c2cc(OC)ccc21. The molecule has 0 unspecified atom stereocenters. The van der Waals surface area contributed by atoms with Crippen molar-refractivity contribution in [3.8, 4) is 5.75 Å². The van der Waals surface area contributed by atoms with Crippen LogP contribution in [0.1, 0.15) is 35.3 Å². The van der Waals surface area contributed by atoms with E-state index in [0.29, 0.717) is 18.8 Å². The van der Waals surface area contributed by atoms with E-state index in [0.717, 1.165) is 29.3 Å². The van der Waals surface area contributed by atoms with Crippen molar-refractivity contribution in [2.24, 2.45) is 0 Å². The maximum Gasteiger partial charge on any atom is 0.404 e. The molecule has 0 aliphatic heterocycles. The standard InChI is InChI=1S/C24H28F2N2O5/c1-3-6-33-23-12-20(19-11-17(32-2)4-5-18(19)23)27-13-22(29)21(28-24(30)31)9-14-7-15(25)10-16(26)8-14/h3-5,7-8,10-11,20-23,27-29H,1,6,9,12-13H2,2H3,(H,30,31)/t20-,21-,22+,23-/m0/s1. The Labute approximate surface area is 191 Å². The van der Waals surface area contributed by atoms with Crippen LogP contribution in [0.4, 0.5) is 13.6 Å². The molecule has 178 valence electrons. The van der Waals surface area contributed by atoms with Crippen LogP contribution < -0.4 is 15.4 Å². The van der Waals surface area contributed by atoms with Gasteiger partial charge < -0.3 is 30.3 Å². The van der Waals surface area contributed by atoms with E-state index < -0.39 is 29.9 Å². The summed E-state index contributed by atoms with van der Waals surface area (Å²) in [5.74, 6) is -0.855. The highest BCUT2D eigenvalue weighted by atomic mass is 19.1. The highest BCUT2D eigenvalue weighted by molar-refractivity contribution is 5.65. The third kappa shape index (κ3) is 6.50. The summed E-state index contributed by atoms with van der Waals surface area (Å²) >= 11 is 0. The summed E-state index contributed by atoms with van der Waals surface area (Å²) in [6, 6.07) is 7.50. The second kappa shape index (κ2) is 11.2. The molecule has 2 aromatic rings. The maximum absolute atomic E-state index is 13.5. The molecule has 4 N–H and O–H groups in total. The van der Waals surface area contributed by atoms with Gasteiger partial charge in [-0.2, -0.15) is 0 Å². The summed E-state index contributed by atoms with van der Waals surface area (Å²) in [4.78, 5) is 11.2. The molecule has 9 heteroatoms. The molecule has 1 aliphatic carbocycles. The Hall–Kier alpha value is -3.01. The van der Waals surface area contributed by atoms with Gasteiger partial charge in [0.15, 0.2) is 0 Å². The van der Waals surface area contributed by atoms with Crippen LogP contribution in [-0.4, -0.2) is 48.7 Å². The highest BCUT2D eigenvalue weighted by Gasteiger charge is 2.33. The molecule has 0 fully saturated rings. The summed E-state index contributed by atoms with van der Waals surface area (Å²) in [7, 11) is 1.58. The number of aliphatic hydroxyl groups is 1. The smallest absolute Gasteiger partial charge is 0.404 e. The van der Waals surface area contributed by atoms with Gasteiger partial charge in [-0.3, -0.25) is 0 Å². The average Bonchev–Trinajstić information content (AvgIpc) is 3.11. The minimum atomic E-state index is -1.34. The molecular formula is C24H28F2N2O5. The molecule has 4 atom stereocenters. The molecule has 3 rings (SSSR count). The van der Waals surface area contributed by atoms with Gasteiger partial charge in [-0.05, 0) is 53.8 Å². The first kappa shape index (κ1) is 24.6. The fourth-order valence-corrected chi connectivity index (χ4v) is 4.11. The third-order valence-electron chi connectivity index (χ3n) is 5.61. The molecule has 0 spiro atoms. The quantitative estimate of drug-likeness (QED) is 0.382. The zero-order valence-corrected chi connectivity index (χ0v) is 18.3. The number of aliphatic hydroxyl groups excluding tert-OH is 1. The lowest BCUT2D eigenvalue weighted by Gasteiger charge is -2.25. The number of carbonyl (C=O) groups is 1. The molecule has 7 nitrogen and oxygen atoms in total. The summed E-state index contributed by atoms with van der Waals surface area (Å²) in [6.45, 7) is 4.11. The van der Waals surface area contributed by atoms with Gasteiger partial charge in [0.05, 0.1) is 32.0 Å². The molecule has 0 heterocycles. The molecule has 1 amide bonds. The summed E-state index contributed by atoms with van der Waals surface area (Å²) in [5.41, 5.74) is 2.20. The van der Waals surface area contributed by atoms with E-state index in [9.17, 15) is 23.8 Å². The second-order valence-corrected chi connectivity index (χ2v) is 7.91. The number of halogens is 2. The van der Waals surface area contributed by atoms with Crippen molar-refractivity contribution in [2.75, 3.05) is 20.3 Å². The summed E-state index contributed by atoms with van der Waals surface area (Å²) in [5, 5.41) is 25.4. The molecule has 0 aromatic heterocycles. The number of carboxylic acid groups (broad SMARTS) is 1. The van der Waals surface area contributed by atoms with Crippen LogP contribution in [0.2, 0.25) is 0 Å². The predicted octanol–water partition coefficient (Wildman–Crippen LogP) is 3.49. The lowest BCUT2D eigenvalue weighted by Crippen LogP contribution is -2.48. The molecule has 0 radical (unpaired) electrons. The lowest BCUT2D eigenvalue weighted by molar-refractivity contribution is 0.0672. The minimum Gasteiger partial charge on any atom is -0.497 e. The number of benzene rings is 2. The summed E-state index contributed by atoms with van der Waals surface area (Å²) < 4.78 is 38.3. The van der Waals surface area contributed by atoms with Crippen LogP contribution in [0.15, 0.2) is 49.1 Å². The Bertz CT molecular complexity index is 967. The van der Waals surface area contributed by atoms with Crippen molar-refractivity contribution in [3.63, 3.8) is 0 Å². The van der Waals surface area contributed by atoms with Crippen LogP contribution in [0.5, 0.6) is 5.75 Å². The Kier molecular flexibility index (Phi) is 8.37. The first-order valence-corrected chi connectivity index (χ1v) is 10.6. The number of hydrogen-bond acceptors (Lipinski definition) is 5. The van der Waals surface area contributed by atoms with Crippen LogP contribution in [-0.2, 0) is 11.2 Å². The predicted molar refractivity (Wildman–Crippen MR) is 118 cm³/mol. The van der Waals surface area contributed by atoms with E-state index in [-0.39, 0.29) is 30.7 Å². The van der Waals surface area contributed by atoms with Gasteiger partial charge in [-0.1, -0.05) is 12.1 Å². The topological polar surface area (TPSA) is 100 Å². The molecule has 1 aliphatic rings. The van der Waals surface area contributed by atoms with Gasteiger partial charge in [0.2, 0.25) is 0 Å². The molecule has 2 aromatic carbocycles. The van der Waals surface area contributed by atoms with Crippen LogP contribution >= 0.6 is 0 Å². The number of nitrogens with one attached hydrogen (secondary N) is 2. The number of rotatable bonds is 11. The normalized spacial score (nSPS) is 18.9. The van der Waals surface area contributed by atoms with E-state index in [4.69, 9.17) is 9.47 Å². The molecule has 0 saturated carbocycles. The first-order chi connectivity index (χ1) is 15.8. The maximum atomic E-state index is 13.5. The molecular weight excluding hydrogens is 434 g/mol. The fraction of sp³-hybridized carbons (Fsp3) is 0.375.